The molecule has 5 nitrogen and oxygen atoms in total. The molecule has 1 fully saturated rings. The highest BCUT2D eigenvalue weighted by Gasteiger charge is 2.28. The quantitative estimate of drug-likeness (QED) is 0.599. The maximum atomic E-state index is 15.0. The zero-order valence-electron chi connectivity index (χ0n) is 15.4. The van der Waals surface area contributed by atoms with E-state index in [9.17, 15) is 4.79 Å². The van der Waals surface area contributed by atoms with E-state index in [1.165, 1.54) is 38.9 Å². The Bertz CT molecular complexity index is 921. The van der Waals surface area contributed by atoms with Crippen LogP contribution in [-0.2, 0) is 17.7 Å². The molecule has 0 amide bonds. The molecular weight excluding hydrogens is 417 g/mol. The van der Waals surface area contributed by atoms with E-state index in [4.69, 9.17) is 14.2 Å². The highest BCUT2D eigenvalue weighted by molar-refractivity contribution is 9.10. The van der Waals surface area contributed by atoms with Crippen LogP contribution in [-0.4, -0.2) is 25.1 Å². The molecule has 1 saturated carbocycles. The SMILES string of the molecule is COCOc1c(Br)c(F)c2cc(OCCC3CCCC3)c(=O)n3c2c1CC3. The highest BCUT2D eigenvalue weighted by atomic mass is 79.9. The van der Waals surface area contributed by atoms with E-state index < -0.39 is 5.82 Å². The van der Waals surface area contributed by atoms with E-state index in [0.29, 0.717) is 42.1 Å². The topological polar surface area (TPSA) is 49.7 Å². The zero-order valence-corrected chi connectivity index (χ0v) is 16.9. The molecule has 7 heteroatoms. The normalized spacial score (nSPS) is 16.4. The number of benzene rings is 1. The van der Waals surface area contributed by atoms with E-state index in [-0.39, 0.29) is 22.6 Å². The lowest BCUT2D eigenvalue weighted by Gasteiger charge is -2.15. The number of halogens is 2. The maximum Gasteiger partial charge on any atom is 0.293 e. The first-order chi connectivity index (χ1) is 13.1. The number of rotatable bonds is 7. The van der Waals surface area contributed by atoms with Gasteiger partial charge < -0.3 is 18.8 Å². The first-order valence-electron chi connectivity index (χ1n) is 9.43. The van der Waals surface area contributed by atoms with Gasteiger partial charge in [0.2, 0.25) is 0 Å². The van der Waals surface area contributed by atoms with Gasteiger partial charge in [0.1, 0.15) is 5.75 Å². The molecule has 2 heterocycles. The molecule has 27 heavy (non-hydrogen) atoms. The van der Waals surface area contributed by atoms with Crippen LogP contribution in [0.1, 0.15) is 37.7 Å². The Balaban J connectivity index is 1.69. The van der Waals surface area contributed by atoms with E-state index in [0.717, 1.165) is 12.0 Å². The van der Waals surface area contributed by atoms with Crippen molar-refractivity contribution in [2.75, 3.05) is 20.5 Å². The van der Waals surface area contributed by atoms with E-state index in [2.05, 4.69) is 15.9 Å². The number of hydrogen-bond acceptors (Lipinski definition) is 4. The monoisotopic (exact) mass is 439 g/mol. The third-order valence-electron chi connectivity index (χ3n) is 5.61. The van der Waals surface area contributed by atoms with Gasteiger partial charge in [-0.2, -0.15) is 0 Å². The van der Waals surface area contributed by atoms with Crippen LogP contribution in [0.3, 0.4) is 0 Å². The molecule has 0 spiro atoms. The molecule has 0 radical (unpaired) electrons. The number of ether oxygens (including phenoxy) is 3. The fourth-order valence-corrected chi connectivity index (χ4v) is 4.83. The van der Waals surface area contributed by atoms with Crippen LogP contribution >= 0.6 is 15.9 Å². The summed E-state index contributed by atoms with van der Waals surface area (Å²) in [6, 6.07) is 1.54. The Hall–Kier alpha value is -1.60. The van der Waals surface area contributed by atoms with Gasteiger partial charge in [-0.1, -0.05) is 25.7 Å². The number of aryl methyl sites for hydroxylation is 2. The van der Waals surface area contributed by atoms with Crippen molar-refractivity contribution >= 4 is 26.8 Å². The van der Waals surface area contributed by atoms with Crippen LogP contribution in [0.2, 0.25) is 0 Å². The van der Waals surface area contributed by atoms with Crippen molar-refractivity contribution in [2.24, 2.45) is 5.92 Å². The molecule has 1 aromatic carbocycles. The van der Waals surface area contributed by atoms with Crippen LogP contribution in [0.5, 0.6) is 11.5 Å². The number of methoxy groups -OCH3 is 1. The largest absolute Gasteiger partial charge is 0.488 e. The van der Waals surface area contributed by atoms with E-state index in [1.807, 2.05) is 0 Å². The number of aromatic nitrogens is 1. The molecule has 0 saturated heterocycles. The lowest BCUT2D eigenvalue weighted by molar-refractivity contribution is 0.0498. The number of pyridine rings is 1. The Morgan fingerprint density at radius 1 is 1.30 bits per heavy atom. The van der Waals surface area contributed by atoms with Crippen LogP contribution in [0.4, 0.5) is 4.39 Å². The smallest absolute Gasteiger partial charge is 0.293 e. The summed E-state index contributed by atoms with van der Waals surface area (Å²) in [5, 5.41) is 0.384. The Morgan fingerprint density at radius 2 is 2.07 bits per heavy atom. The summed E-state index contributed by atoms with van der Waals surface area (Å²) in [4.78, 5) is 12.8. The fraction of sp³-hybridized carbons (Fsp3) is 0.550. The second kappa shape index (κ2) is 7.80. The van der Waals surface area contributed by atoms with Gasteiger partial charge in [-0.05, 0) is 40.8 Å². The summed E-state index contributed by atoms with van der Waals surface area (Å²) in [6.45, 7) is 1.00. The standard InChI is InChI=1S/C20H23BrFNO4/c1-25-11-27-19-13-6-8-23-18(13)14(17(22)16(19)21)10-15(20(23)24)26-9-7-12-4-2-3-5-12/h10,12H,2-9,11H2,1H3. The zero-order chi connectivity index (χ0) is 19.0. The molecule has 0 N–H and O–H groups in total. The van der Waals surface area contributed by atoms with Gasteiger partial charge in [-0.3, -0.25) is 4.79 Å². The number of nitrogens with zero attached hydrogens (tertiary/aromatic N) is 1. The summed E-state index contributed by atoms with van der Waals surface area (Å²) in [5.74, 6) is 0.865. The van der Waals surface area contributed by atoms with Gasteiger partial charge in [0.25, 0.3) is 5.56 Å². The van der Waals surface area contributed by atoms with Crippen molar-refractivity contribution in [3.05, 3.63) is 32.3 Å². The van der Waals surface area contributed by atoms with Gasteiger partial charge in [0.15, 0.2) is 18.4 Å². The molecule has 0 unspecified atom stereocenters. The summed E-state index contributed by atoms with van der Waals surface area (Å²) in [5.41, 5.74) is 1.21. The molecule has 2 aliphatic rings. The minimum atomic E-state index is -0.448. The Kier molecular flexibility index (Phi) is 5.41. The molecule has 4 rings (SSSR count). The predicted octanol–water partition coefficient (Wildman–Crippen LogP) is 4.40. The lowest BCUT2D eigenvalue weighted by Crippen LogP contribution is -2.21. The van der Waals surface area contributed by atoms with E-state index >= 15 is 4.39 Å². The average Bonchev–Trinajstić information content (AvgIpc) is 3.33. The van der Waals surface area contributed by atoms with Gasteiger partial charge in [0, 0.05) is 24.6 Å². The summed E-state index contributed by atoms with van der Waals surface area (Å²) in [6.07, 6.45) is 6.58. The predicted molar refractivity (Wildman–Crippen MR) is 104 cm³/mol. The molecule has 1 aliphatic carbocycles. The summed E-state index contributed by atoms with van der Waals surface area (Å²) >= 11 is 3.30. The lowest BCUT2D eigenvalue weighted by atomic mass is 10.1. The average molecular weight is 440 g/mol. The first kappa shape index (κ1) is 18.7. The van der Waals surface area contributed by atoms with Crippen LogP contribution in [0.25, 0.3) is 10.9 Å². The van der Waals surface area contributed by atoms with Crippen molar-refractivity contribution in [2.45, 2.75) is 45.1 Å². The molecule has 2 aromatic rings. The summed E-state index contributed by atoms with van der Waals surface area (Å²) < 4.78 is 33.2. The van der Waals surface area contributed by atoms with Gasteiger partial charge in [-0.15, -0.1) is 0 Å². The molecule has 1 aromatic heterocycles. The highest BCUT2D eigenvalue weighted by Crippen LogP contribution is 2.42. The second-order valence-electron chi connectivity index (χ2n) is 7.25. The van der Waals surface area contributed by atoms with Gasteiger partial charge >= 0.3 is 0 Å². The van der Waals surface area contributed by atoms with Crippen molar-refractivity contribution in [1.82, 2.24) is 4.57 Å². The third-order valence-corrected chi connectivity index (χ3v) is 6.32. The fourth-order valence-electron chi connectivity index (χ4n) is 4.27. The van der Waals surface area contributed by atoms with Crippen molar-refractivity contribution in [3.8, 4) is 11.5 Å². The molecular formula is C20H23BrFNO4. The Labute approximate surface area is 165 Å². The minimum Gasteiger partial charge on any atom is -0.488 e. The molecule has 1 aliphatic heterocycles. The van der Waals surface area contributed by atoms with Crippen LogP contribution in [0.15, 0.2) is 15.3 Å². The molecule has 146 valence electrons. The van der Waals surface area contributed by atoms with Gasteiger partial charge in [-0.25, -0.2) is 4.39 Å². The molecule has 0 atom stereocenters. The minimum absolute atomic E-state index is 0.0170. The van der Waals surface area contributed by atoms with Crippen LogP contribution < -0.4 is 15.0 Å². The van der Waals surface area contributed by atoms with Crippen LogP contribution in [0, 0.1) is 11.7 Å². The van der Waals surface area contributed by atoms with Crippen molar-refractivity contribution < 1.29 is 18.6 Å². The van der Waals surface area contributed by atoms with Crippen molar-refractivity contribution in [3.63, 3.8) is 0 Å². The Morgan fingerprint density at radius 3 is 2.81 bits per heavy atom. The van der Waals surface area contributed by atoms with Gasteiger partial charge in [0.05, 0.1) is 16.6 Å². The maximum absolute atomic E-state index is 15.0. The number of hydrogen-bond donors (Lipinski definition) is 0. The summed E-state index contributed by atoms with van der Waals surface area (Å²) in [7, 11) is 1.51. The second-order valence-corrected chi connectivity index (χ2v) is 8.04. The van der Waals surface area contributed by atoms with E-state index in [1.54, 1.807) is 4.57 Å². The third kappa shape index (κ3) is 3.36. The van der Waals surface area contributed by atoms with Crippen molar-refractivity contribution in [1.29, 1.82) is 0 Å². The first-order valence-corrected chi connectivity index (χ1v) is 10.2. The molecule has 0 bridgehead atoms.